The summed E-state index contributed by atoms with van der Waals surface area (Å²) >= 11 is 0. The lowest BCUT2D eigenvalue weighted by Gasteiger charge is -2.46. The Hall–Kier alpha value is -0.800. The van der Waals surface area contributed by atoms with Gasteiger partial charge in [0.15, 0.2) is 25.2 Å². The van der Waals surface area contributed by atoms with Gasteiger partial charge < -0.3 is 99.2 Å². The van der Waals surface area contributed by atoms with Crippen molar-refractivity contribution in [1.29, 1.82) is 0 Å². The summed E-state index contributed by atoms with van der Waals surface area (Å²) in [5.41, 5.74) is 0. The van der Waals surface area contributed by atoms with Crippen LogP contribution in [0.1, 0.15) is 6.92 Å². The fraction of sp³-hybridized carbons (Fsp3) is 1.00. The Balaban J connectivity index is 1.37. The normalized spacial score (nSPS) is 52.9. The SMILES string of the molecule is CO[C@H]1[C@@H](O[C@@H]2O[C@H](CO[C@@H]3O[C@H](CO[C@@H]4O[C@H](CO)[C@@H](O)[C@H](O)[C@H]4O)[C@@H](O)[C@H](O)[C@H]3O)[C@@H](O)[C@H](O)[C@H]2O)[C@@H](C)OC(O)[C@@H]1O. The van der Waals surface area contributed by atoms with Crippen molar-refractivity contribution in [2.45, 2.75) is 130 Å². The monoisotopic (exact) mass is 664 g/mol. The van der Waals surface area contributed by atoms with E-state index in [2.05, 4.69) is 0 Å². The second-order valence-electron chi connectivity index (χ2n) is 11.4. The van der Waals surface area contributed by atoms with Gasteiger partial charge in [-0.3, -0.25) is 0 Å². The third-order valence-electron chi connectivity index (χ3n) is 8.37. The van der Waals surface area contributed by atoms with Gasteiger partial charge >= 0.3 is 0 Å². The van der Waals surface area contributed by atoms with E-state index in [0.717, 1.165) is 0 Å². The van der Waals surface area contributed by atoms with E-state index in [9.17, 15) is 61.3 Å². The molecule has 0 aliphatic carbocycles. The Morgan fingerprint density at radius 3 is 1.38 bits per heavy atom. The summed E-state index contributed by atoms with van der Waals surface area (Å²) < 4.78 is 43.4. The maximum absolute atomic E-state index is 10.5. The molecule has 0 aromatic rings. The lowest BCUT2D eigenvalue weighted by atomic mass is 9.97. The molecule has 20 atom stereocenters. The topological polar surface area (TPSA) is 317 Å². The molecule has 0 amide bonds. The van der Waals surface area contributed by atoms with Crippen LogP contribution in [0.2, 0.25) is 0 Å². The molecule has 12 N–H and O–H groups in total. The first kappa shape index (κ1) is 37.0. The highest BCUT2D eigenvalue weighted by atomic mass is 16.8. The predicted molar refractivity (Wildman–Crippen MR) is 137 cm³/mol. The third-order valence-corrected chi connectivity index (χ3v) is 8.37. The van der Waals surface area contributed by atoms with Gasteiger partial charge in [0, 0.05) is 7.11 Å². The van der Waals surface area contributed by atoms with Crippen LogP contribution in [-0.2, 0) is 37.9 Å². The van der Waals surface area contributed by atoms with E-state index < -0.39 is 143 Å². The van der Waals surface area contributed by atoms with Gasteiger partial charge in [-0.1, -0.05) is 0 Å². The van der Waals surface area contributed by atoms with E-state index in [1.54, 1.807) is 0 Å². The van der Waals surface area contributed by atoms with E-state index in [0.29, 0.717) is 0 Å². The van der Waals surface area contributed by atoms with Gasteiger partial charge in [0.25, 0.3) is 0 Å². The summed E-state index contributed by atoms with van der Waals surface area (Å²) in [6, 6.07) is 0. The first-order chi connectivity index (χ1) is 21.2. The standard InChI is InChI=1S/C25H44O20/c1-6-20(21(38-2)19(36)22(37)41-6)45-25-18(35)15(32)12(29)9(44-25)5-40-24-17(34)14(31)11(28)8(43-24)4-39-23-16(33)13(30)10(27)7(3-26)42-23/h6-37H,3-5H2,1-2H3/t6-,7-,8-,9-,10-,11-,12-,13+,14+,15+,16-,17-,18-,19-,20+,21-,22?,23-,24-,25+/m1/s1. The van der Waals surface area contributed by atoms with Crippen molar-refractivity contribution in [1.82, 2.24) is 0 Å². The van der Waals surface area contributed by atoms with Gasteiger partial charge in [0.1, 0.15) is 91.6 Å². The molecule has 0 saturated carbocycles. The molecule has 4 aliphatic rings. The highest BCUT2D eigenvalue weighted by Gasteiger charge is 2.51. The number of methoxy groups -OCH3 is 1. The lowest BCUT2D eigenvalue weighted by molar-refractivity contribution is -0.362. The fourth-order valence-electron chi connectivity index (χ4n) is 5.56. The zero-order valence-corrected chi connectivity index (χ0v) is 24.3. The average molecular weight is 665 g/mol. The molecule has 0 spiro atoms. The van der Waals surface area contributed by atoms with Gasteiger partial charge in [-0.2, -0.15) is 0 Å². The van der Waals surface area contributed by atoms with Crippen LogP contribution in [0.3, 0.4) is 0 Å². The molecule has 0 aromatic heterocycles. The van der Waals surface area contributed by atoms with Gasteiger partial charge in [0.05, 0.1) is 25.9 Å². The molecule has 0 bridgehead atoms. The first-order valence-corrected chi connectivity index (χ1v) is 14.3. The molecular formula is C25H44O20. The minimum Gasteiger partial charge on any atom is -0.394 e. The van der Waals surface area contributed by atoms with Crippen molar-refractivity contribution in [2.75, 3.05) is 26.9 Å². The molecule has 264 valence electrons. The van der Waals surface area contributed by atoms with E-state index in [1.807, 2.05) is 0 Å². The molecule has 4 saturated heterocycles. The summed E-state index contributed by atoms with van der Waals surface area (Å²) in [5, 5.41) is 122. The fourth-order valence-corrected chi connectivity index (χ4v) is 5.56. The zero-order chi connectivity index (χ0) is 33.3. The van der Waals surface area contributed by atoms with Crippen molar-refractivity contribution >= 4 is 0 Å². The Bertz CT molecular complexity index is 916. The van der Waals surface area contributed by atoms with Gasteiger partial charge in [-0.15, -0.1) is 0 Å². The highest BCUT2D eigenvalue weighted by Crippen LogP contribution is 2.31. The van der Waals surface area contributed by atoms with Gasteiger partial charge in [-0.25, -0.2) is 0 Å². The van der Waals surface area contributed by atoms with Crippen molar-refractivity contribution in [3.05, 3.63) is 0 Å². The summed E-state index contributed by atoms with van der Waals surface area (Å²) in [6.45, 7) is -0.473. The second-order valence-corrected chi connectivity index (χ2v) is 11.4. The molecule has 4 rings (SSSR count). The van der Waals surface area contributed by atoms with Crippen LogP contribution in [0.15, 0.2) is 0 Å². The summed E-state index contributed by atoms with van der Waals surface area (Å²) in [4.78, 5) is 0. The molecular weight excluding hydrogens is 620 g/mol. The Morgan fingerprint density at radius 2 is 0.911 bits per heavy atom. The largest absolute Gasteiger partial charge is 0.394 e. The molecule has 1 unspecified atom stereocenters. The van der Waals surface area contributed by atoms with Crippen LogP contribution < -0.4 is 0 Å². The van der Waals surface area contributed by atoms with Crippen molar-refractivity contribution in [3.63, 3.8) is 0 Å². The quantitative estimate of drug-likeness (QED) is 0.103. The van der Waals surface area contributed by atoms with Crippen LogP contribution in [-0.4, -0.2) is 211 Å². The summed E-state index contributed by atoms with van der Waals surface area (Å²) in [7, 11) is 1.24. The molecule has 0 radical (unpaired) electrons. The number of hydrogen-bond acceptors (Lipinski definition) is 20. The number of rotatable bonds is 10. The minimum absolute atomic E-state index is 0.611. The molecule has 0 aromatic carbocycles. The lowest BCUT2D eigenvalue weighted by Crippen LogP contribution is -2.64. The Morgan fingerprint density at radius 1 is 0.489 bits per heavy atom. The van der Waals surface area contributed by atoms with E-state index >= 15 is 0 Å². The van der Waals surface area contributed by atoms with Gasteiger partial charge in [0.2, 0.25) is 0 Å². The van der Waals surface area contributed by atoms with Gasteiger partial charge in [-0.05, 0) is 6.92 Å². The van der Waals surface area contributed by atoms with E-state index in [1.165, 1.54) is 14.0 Å². The van der Waals surface area contributed by atoms with Crippen LogP contribution in [0.4, 0.5) is 0 Å². The van der Waals surface area contributed by atoms with Crippen LogP contribution in [0, 0.1) is 0 Å². The second kappa shape index (κ2) is 15.6. The van der Waals surface area contributed by atoms with Crippen LogP contribution >= 0.6 is 0 Å². The molecule has 4 heterocycles. The van der Waals surface area contributed by atoms with Crippen molar-refractivity contribution < 1.29 is 99.2 Å². The number of ether oxygens (including phenoxy) is 8. The number of hydrogen-bond donors (Lipinski definition) is 12. The average Bonchev–Trinajstić information content (AvgIpc) is 3.02. The third kappa shape index (κ3) is 7.76. The molecule has 45 heavy (non-hydrogen) atoms. The van der Waals surface area contributed by atoms with Crippen LogP contribution in [0.25, 0.3) is 0 Å². The molecule has 4 fully saturated rings. The smallest absolute Gasteiger partial charge is 0.187 e. The van der Waals surface area contributed by atoms with Crippen molar-refractivity contribution in [3.8, 4) is 0 Å². The number of aliphatic hydroxyl groups excluding tert-OH is 12. The molecule has 4 aliphatic heterocycles. The maximum Gasteiger partial charge on any atom is 0.187 e. The van der Waals surface area contributed by atoms with Crippen LogP contribution in [0.5, 0.6) is 0 Å². The summed E-state index contributed by atoms with van der Waals surface area (Å²) in [5.74, 6) is 0. The van der Waals surface area contributed by atoms with Crippen molar-refractivity contribution in [2.24, 2.45) is 0 Å². The Kier molecular flexibility index (Phi) is 12.8. The Labute approximate surface area is 256 Å². The van der Waals surface area contributed by atoms with E-state index in [-0.39, 0.29) is 0 Å². The zero-order valence-electron chi connectivity index (χ0n) is 24.3. The first-order valence-electron chi connectivity index (χ1n) is 14.3. The highest BCUT2D eigenvalue weighted by molar-refractivity contribution is 4.95. The minimum atomic E-state index is -1.85. The maximum atomic E-state index is 10.5. The predicted octanol–water partition coefficient (Wildman–Crippen LogP) is -8.07. The molecule has 20 nitrogen and oxygen atoms in total. The van der Waals surface area contributed by atoms with E-state index in [4.69, 9.17) is 37.9 Å². The summed E-state index contributed by atoms with van der Waals surface area (Å²) in [6.07, 6.45) is -31.3. The number of aliphatic hydroxyl groups is 12. The molecule has 20 heteroatoms.